The minimum atomic E-state index is -0.507. The Kier molecular flexibility index (Phi) is 6.39. The van der Waals surface area contributed by atoms with Crippen LogP contribution in [0, 0.1) is 11.8 Å². The van der Waals surface area contributed by atoms with Gasteiger partial charge in [-0.05, 0) is 36.0 Å². The number of halogens is 1. The van der Waals surface area contributed by atoms with Crippen molar-refractivity contribution < 1.29 is 14.3 Å². The van der Waals surface area contributed by atoms with E-state index in [-0.39, 0.29) is 12.5 Å². The number of amides is 1. The molecular formula is C18H22BrNO3. The lowest BCUT2D eigenvalue weighted by Crippen LogP contribution is -2.44. The van der Waals surface area contributed by atoms with Crippen LogP contribution in [0.2, 0.25) is 0 Å². The van der Waals surface area contributed by atoms with Crippen molar-refractivity contribution in [2.45, 2.75) is 20.3 Å². The van der Waals surface area contributed by atoms with Gasteiger partial charge in [0.2, 0.25) is 0 Å². The molecule has 23 heavy (non-hydrogen) atoms. The van der Waals surface area contributed by atoms with Crippen molar-refractivity contribution in [3.8, 4) is 0 Å². The van der Waals surface area contributed by atoms with Gasteiger partial charge < -0.3 is 9.64 Å². The van der Waals surface area contributed by atoms with Crippen LogP contribution in [0.3, 0.4) is 0 Å². The number of benzene rings is 1. The second kappa shape index (κ2) is 8.29. The van der Waals surface area contributed by atoms with E-state index in [4.69, 9.17) is 4.74 Å². The number of hydrogen-bond donors (Lipinski definition) is 0. The first-order chi connectivity index (χ1) is 11.0. The molecule has 0 aliphatic carbocycles. The fraction of sp³-hybridized carbons (Fsp3) is 0.444. The molecule has 0 radical (unpaired) electrons. The Bertz CT molecular complexity index is 590. The van der Waals surface area contributed by atoms with Crippen molar-refractivity contribution in [1.82, 2.24) is 4.90 Å². The van der Waals surface area contributed by atoms with Gasteiger partial charge in [0.25, 0.3) is 5.91 Å². The summed E-state index contributed by atoms with van der Waals surface area (Å²) in [6.45, 7) is 5.57. The maximum absolute atomic E-state index is 12.1. The molecule has 0 bridgehead atoms. The van der Waals surface area contributed by atoms with Crippen molar-refractivity contribution in [3.05, 3.63) is 40.4 Å². The Morgan fingerprint density at radius 3 is 2.57 bits per heavy atom. The number of piperidine rings is 1. The van der Waals surface area contributed by atoms with E-state index < -0.39 is 5.97 Å². The zero-order valence-corrected chi connectivity index (χ0v) is 15.1. The second-order valence-corrected chi connectivity index (χ2v) is 7.06. The standard InChI is InChI=1S/C18H22BrNO3/c1-13-9-14(2)11-20(10-13)17(21)12-23-18(22)8-7-15-5-3-4-6-16(15)19/h3-8,13-14H,9-12H2,1-2H3/b8-7+/t13-,14+. The van der Waals surface area contributed by atoms with Crippen molar-refractivity contribution in [1.29, 1.82) is 0 Å². The fourth-order valence-electron chi connectivity index (χ4n) is 2.91. The van der Waals surface area contributed by atoms with Crippen molar-refractivity contribution >= 4 is 33.9 Å². The average molecular weight is 380 g/mol. The van der Waals surface area contributed by atoms with E-state index >= 15 is 0 Å². The lowest BCUT2D eigenvalue weighted by Gasteiger charge is -2.34. The van der Waals surface area contributed by atoms with Gasteiger partial charge in [0, 0.05) is 23.6 Å². The second-order valence-electron chi connectivity index (χ2n) is 6.21. The van der Waals surface area contributed by atoms with Crippen LogP contribution in [0.5, 0.6) is 0 Å². The number of nitrogens with zero attached hydrogens (tertiary/aromatic N) is 1. The summed E-state index contributed by atoms with van der Waals surface area (Å²) in [7, 11) is 0. The SMILES string of the molecule is C[C@@H]1C[C@H](C)CN(C(=O)COC(=O)/C=C/c2ccccc2Br)C1. The highest BCUT2D eigenvalue weighted by Crippen LogP contribution is 2.21. The molecule has 1 aliphatic heterocycles. The van der Waals surface area contributed by atoms with Crippen LogP contribution in [0.25, 0.3) is 6.08 Å². The number of likely N-dealkylation sites (tertiary alicyclic amines) is 1. The zero-order chi connectivity index (χ0) is 16.8. The van der Waals surface area contributed by atoms with Crippen molar-refractivity contribution in [2.75, 3.05) is 19.7 Å². The third-order valence-corrected chi connectivity index (χ3v) is 4.59. The summed E-state index contributed by atoms with van der Waals surface area (Å²) in [5.74, 6) is 0.362. The third kappa shape index (κ3) is 5.50. The first-order valence-corrected chi connectivity index (χ1v) is 8.62. The smallest absolute Gasteiger partial charge is 0.331 e. The summed E-state index contributed by atoms with van der Waals surface area (Å²) in [5.41, 5.74) is 0.884. The van der Waals surface area contributed by atoms with E-state index in [0.29, 0.717) is 11.8 Å². The van der Waals surface area contributed by atoms with Gasteiger partial charge in [-0.25, -0.2) is 4.79 Å². The van der Waals surface area contributed by atoms with E-state index in [1.807, 2.05) is 24.3 Å². The molecule has 1 aromatic carbocycles. The quantitative estimate of drug-likeness (QED) is 0.593. The molecule has 0 spiro atoms. The summed E-state index contributed by atoms with van der Waals surface area (Å²) in [5, 5.41) is 0. The molecule has 1 aliphatic rings. The Balaban J connectivity index is 1.82. The number of carbonyl (C=O) groups excluding carboxylic acids is 2. The molecular weight excluding hydrogens is 358 g/mol. The highest BCUT2D eigenvalue weighted by atomic mass is 79.9. The molecule has 1 saturated heterocycles. The maximum atomic E-state index is 12.1. The van der Waals surface area contributed by atoms with E-state index in [0.717, 1.165) is 29.5 Å². The Morgan fingerprint density at radius 1 is 1.26 bits per heavy atom. The van der Waals surface area contributed by atoms with Crippen LogP contribution in [0.1, 0.15) is 25.8 Å². The predicted molar refractivity (Wildman–Crippen MR) is 93.7 cm³/mol. The predicted octanol–water partition coefficient (Wildman–Crippen LogP) is 3.51. The first kappa shape index (κ1) is 17.7. The Morgan fingerprint density at radius 2 is 1.91 bits per heavy atom. The maximum Gasteiger partial charge on any atom is 0.331 e. The Hall–Kier alpha value is -1.62. The van der Waals surface area contributed by atoms with Gasteiger partial charge in [-0.3, -0.25) is 4.79 Å². The van der Waals surface area contributed by atoms with E-state index in [9.17, 15) is 9.59 Å². The largest absolute Gasteiger partial charge is 0.452 e. The van der Waals surface area contributed by atoms with Gasteiger partial charge in [-0.2, -0.15) is 0 Å². The molecule has 124 valence electrons. The van der Waals surface area contributed by atoms with Gasteiger partial charge in [-0.15, -0.1) is 0 Å². The minimum absolute atomic E-state index is 0.119. The molecule has 5 heteroatoms. The Labute approximate surface area is 145 Å². The van der Waals surface area contributed by atoms with E-state index in [1.54, 1.807) is 11.0 Å². The lowest BCUT2D eigenvalue weighted by molar-refractivity contribution is -0.149. The normalized spacial score (nSPS) is 21.4. The highest BCUT2D eigenvalue weighted by molar-refractivity contribution is 9.10. The molecule has 0 N–H and O–H groups in total. The van der Waals surface area contributed by atoms with Crippen molar-refractivity contribution in [2.24, 2.45) is 11.8 Å². The third-order valence-electron chi connectivity index (χ3n) is 3.86. The molecule has 1 amide bonds. The summed E-state index contributed by atoms with van der Waals surface area (Å²) < 4.78 is 5.96. The van der Waals surface area contributed by atoms with Gasteiger partial charge in [0.1, 0.15) is 0 Å². The molecule has 0 unspecified atom stereocenters. The van der Waals surface area contributed by atoms with Gasteiger partial charge in [-0.1, -0.05) is 48.0 Å². The summed E-state index contributed by atoms with van der Waals surface area (Å²) in [4.78, 5) is 25.7. The molecule has 2 rings (SSSR count). The van der Waals surface area contributed by atoms with Crippen molar-refractivity contribution in [3.63, 3.8) is 0 Å². The van der Waals surface area contributed by atoms with Crippen LogP contribution in [-0.4, -0.2) is 36.5 Å². The fourth-order valence-corrected chi connectivity index (χ4v) is 3.32. The minimum Gasteiger partial charge on any atom is -0.452 e. The molecule has 0 saturated carbocycles. The molecule has 4 nitrogen and oxygen atoms in total. The number of hydrogen-bond acceptors (Lipinski definition) is 3. The molecule has 1 aromatic rings. The van der Waals surface area contributed by atoms with Crippen LogP contribution in [-0.2, 0) is 14.3 Å². The van der Waals surface area contributed by atoms with Crippen LogP contribution >= 0.6 is 15.9 Å². The molecule has 1 heterocycles. The topological polar surface area (TPSA) is 46.6 Å². The molecule has 2 atom stereocenters. The van der Waals surface area contributed by atoms with Gasteiger partial charge in [0.05, 0.1) is 0 Å². The highest BCUT2D eigenvalue weighted by Gasteiger charge is 2.25. The molecule has 1 fully saturated rings. The van der Waals surface area contributed by atoms with Gasteiger partial charge in [0.15, 0.2) is 6.61 Å². The zero-order valence-electron chi connectivity index (χ0n) is 13.5. The number of rotatable bonds is 4. The number of ether oxygens (including phenoxy) is 1. The number of esters is 1. The first-order valence-electron chi connectivity index (χ1n) is 7.83. The summed E-state index contributed by atoms with van der Waals surface area (Å²) >= 11 is 3.41. The van der Waals surface area contributed by atoms with Crippen LogP contribution in [0.15, 0.2) is 34.8 Å². The van der Waals surface area contributed by atoms with Crippen LogP contribution in [0.4, 0.5) is 0 Å². The van der Waals surface area contributed by atoms with Crippen LogP contribution < -0.4 is 0 Å². The lowest BCUT2D eigenvalue weighted by atomic mass is 9.92. The van der Waals surface area contributed by atoms with Gasteiger partial charge >= 0.3 is 5.97 Å². The summed E-state index contributed by atoms with van der Waals surface area (Å²) in [6.07, 6.45) is 4.15. The van der Waals surface area contributed by atoms with E-state index in [2.05, 4.69) is 29.8 Å². The van der Waals surface area contributed by atoms with E-state index in [1.165, 1.54) is 6.08 Å². The molecule has 0 aromatic heterocycles. The monoisotopic (exact) mass is 379 g/mol. The average Bonchev–Trinajstić information content (AvgIpc) is 2.51. The summed E-state index contributed by atoms with van der Waals surface area (Å²) in [6, 6.07) is 7.57. The number of carbonyl (C=O) groups is 2.